The van der Waals surface area contributed by atoms with E-state index in [2.05, 4.69) is 23.6 Å². The number of hydrogen-bond donors (Lipinski definition) is 1. The first-order chi connectivity index (χ1) is 19.5. The number of ether oxygens (including phenoxy) is 2. The zero-order valence-electron chi connectivity index (χ0n) is 23.2. The van der Waals surface area contributed by atoms with Gasteiger partial charge in [-0.25, -0.2) is 9.37 Å². The fraction of sp³-hybridized carbons (Fsp3) is 0.452. The number of carbonyl (C=O) groups excluding carboxylic acids is 2. The number of halogens is 1. The van der Waals surface area contributed by atoms with Gasteiger partial charge in [-0.15, -0.1) is 0 Å². The van der Waals surface area contributed by atoms with Gasteiger partial charge < -0.3 is 24.3 Å². The highest BCUT2D eigenvalue weighted by molar-refractivity contribution is 5.94. The highest BCUT2D eigenvalue weighted by Gasteiger charge is 2.33. The molecule has 0 saturated heterocycles. The first-order valence-corrected chi connectivity index (χ1v) is 14.2. The van der Waals surface area contributed by atoms with Gasteiger partial charge in [0.1, 0.15) is 11.5 Å². The highest BCUT2D eigenvalue weighted by atomic mass is 19.1. The smallest absolute Gasteiger partial charge is 0.308 e. The largest absolute Gasteiger partial charge is 0.494 e. The standard InChI is InChI=1S/C31H37FN4O4/c1-3-40-29(37)19-26(23-11-13-28(39-2)25(32)18-23)36-16-15-35-20-21(17-27(35)31(36)38)7-4-5-9-24-12-10-22-8-6-14-33-30(22)34-24/h10-13,17-18,20,26H,3-9,14-16,19H2,1-2H3,(H,33,34)/t26-/m0/s1. The molecule has 0 bridgehead atoms. The predicted molar refractivity (Wildman–Crippen MR) is 150 cm³/mol. The zero-order valence-corrected chi connectivity index (χ0v) is 23.2. The van der Waals surface area contributed by atoms with E-state index >= 15 is 0 Å². The number of unbranched alkanes of at least 4 members (excludes halogenated alkanes) is 1. The van der Waals surface area contributed by atoms with Crippen molar-refractivity contribution in [3.05, 3.63) is 76.5 Å². The van der Waals surface area contributed by atoms with Crippen molar-refractivity contribution in [3.63, 3.8) is 0 Å². The number of rotatable bonds is 11. The van der Waals surface area contributed by atoms with E-state index in [0.717, 1.165) is 62.1 Å². The molecule has 1 N–H and O–H groups in total. The summed E-state index contributed by atoms with van der Waals surface area (Å²) in [5.41, 5.74) is 4.65. The number of nitrogens with one attached hydrogen (secondary N) is 1. The van der Waals surface area contributed by atoms with E-state index in [1.807, 2.05) is 10.6 Å². The van der Waals surface area contributed by atoms with E-state index in [1.54, 1.807) is 17.9 Å². The number of carbonyl (C=O) groups is 2. The summed E-state index contributed by atoms with van der Waals surface area (Å²) in [6.07, 6.45) is 8.04. The molecule has 1 aromatic carbocycles. The van der Waals surface area contributed by atoms with Crippen LogP contribution in [0.4, 0.5) is 10.2 Å². The Hall–Kier alpha value is -3.88. The van der Waals surface area contributed by atoms with Gasteiger partial charge in [-0.2, -0.15) is 0 Å². The highest BCUT2D eigenvalue weighted by Crippen LogP contribution is 2.32. The number of aryl methyl sites for hydroxylation is 3. The number of amides is 1. The molecule has 3 aromatic rings. The minimum Gasteiger partial charge on any atom is -0.494 e. The van der Waals surface area contributed by atoms with Gasteiger partial charge in [0.25, 0.3) is 5.91 Å². The second-order valence-corrected chi connectivity index (χ2v) is 10.4. The Morgan fingerprint density at radius 2 is 2.00 bits per heavy atom. The second kappa shape index (κ2) is 12.5. The molecular formula is C31H37FN4O4. The van der Waals surface area contributed by atoms with E-state index in [4.69, 9.17) is 14.5 Å². The lowest BCUT2D eigenvalue weighted by atomic mass is 10.00. The van der Waals surface area contributed by atoms with Crippen LogP contribution in [-0.2, 0) is 35.3 Å². The Morgan fingerprint density at radius 1 is 1.15 bits per heavy atom. The van der Waals surface area contributed by atoms with E-state index in [9.17, 15) is 14.0 Å². The molecule has 0 saturated carbocycles. The summed E-state index contributed by atoms with van der Waals surface area (Å²) in [7, 11) is 1.40. The van der Waals surface area contributed by atoms with Crippen LogP contribution >= 0.6 is 0 Å². The van der Waals surface area contributed by atoms with Crippen LogP contribution in [0.5, 0.6) is 5.75 Å². The molecule has 0 spiro atoms. The summed E-state index contributed by atoms with van der Waals surface area (Å²) in [6.45, 7) is 3.98. The zero-order chi connectivity index (χ0) is 28.1. The normalized spacial score (nSPS) is 15.2. The number of nitrogens with zero attached hydrogens (tertiary/aromatic N) is 3. The van der Waals surface area contributed by atoms with Gasteiger partial charge in [-0.1, -0.05) is 12.1 Å². The first-order valence-electron chi connectivity index (χ1n) is 14.2. The van der Waals surface area contributed by atoms with Crippen LogP contribution in [0.2, 0.25) is 0 Å². The summed E-state index contributed by atoms with van der Waals surface area (Å²) in [5.74, 6) is 0.00810. The van der Waals surface area contributed by atoms with Gasteiger partial charge in [0.15, 0.2) is 11.6 Å². The molecule has 1 atom stereocenters. The number of hydrogen-bond acceptors (Lipinski definition) is 6. The molecule has 40 heavy (non-hydrogen) atoms. The van der Waals surface area contributed by atoms with Crippen molar-refractivity contribution in [2.75, 3.05) is 32.1 Å². The van der Waals surface area contributed by atoms with Crippen LogP contribution in [0, 0.1) is 5.82 Å². The quantitative estimate of drug-likeness (QED) is 0.265. The lowest BCUT2D eigenvalue weighted by molar-refractivity contribution is -0.144. The van der Waals surface area contributed by atoms with E-state index in [0.29, 0.717) is 24.3 Å². The Bertz CT molecular complexity index is 1370. The third-order valence-electron chi connectivity index (χ3n) is 7.72. The van der Waals surface area contributed by atoms with Crippen LogP contribution in [0.1, 0.15) is 71.5 Å². The number of esters is 1. The average Bonchev–Trinajstić information content (AvgIpc) is 3.38. The number of fused-ring (bicyclic) bond motifs is 2. The lowest BCUT2D eigenvalue weighted by Gasteiger charge is -2.35. The topological polar surface area (TPSA) is 85.7 Å². The van der Waals surface area contributed by atoms with E-state index in [-0.39, 0.29) is 24.7 Å². The number of aromatic nitrogens is 2. The molecule has 1 amide bonds. The number of benzene rings is 1. The Kier molecular flexibility index (Phi) is 8.67. The maximum atomic E-state index is 14.6. The molecule has 9 heteroatoms. The van der Waals surface area contributed by atoms with Crippen LogP contribution in [0.15, 0.2) is 42.6 Å². The third kappa shape index (κ3) is 6.13. The molecule has 2 aliphatic heterocycles. The van der Waals surface area contributed by atoms with Gasteiger partial charge in [0, 0.05) is 31.5 Å². The summed E-state index contributed by atoms with van der Waals surface area (Å²) < 4.78 is 26.8. The van der Waals surface area contributed by atoms with Gasteiger partial charge in [-0.05, 0) is 86.4 Å². The van der Waals surface area contributed by atoms with Crippen molar-refractivity contribution in [1.82, 2.24) is 14.5 Å². The molecule has 4 heterocycles. The Labute approximate surface area is 234 Å². The molecule has 2 aromatic heterocycles. The van der Waals surface area contributed by atoms with Gasteiger partial charge in [0.2, 0.25) is 0 Å². The van der Waals surface area contributed by atoms with Crippen LogP contribution in [0.25, 0.3) is 0 Å². The minimum atomic E-state index is -0.641. The maximum absolute atomic E-state index is 14.6. The molecular weight excluding hydrogens is 511 g/mol. The molecule has 2 aliphatic rings. The van der Waals surface area contributed by atoms with E-state index < -0.39 is 17.8 Å². The van der Waals surface area contributed by atoms with Crippen molar-refractivity contribution in [1.29, 1.82) is 0 Å². The van der Waals surface area contributed by atoms with Crippen LogP contribution in [-0.4, -0.2) is 53.1 Å². The lowest BCUT2D eigenvalue weighted by Crippen LogP contribution is -2.43. The summed E-state index contributed by atoms with van der Waals surface area (Å²) >= 11 is 0. The molecule has 0 radical (unpaired) electrons. The van der Waals surface area contributed by atoms with Crippen molar-refractivity contribution >= 4 is 17.7 Å². The SMILES string of the molecule is CCOC(=O)C[C@@H](c1ccc(OC)c(F)c1)N1CCn2cc(CCCCc3ccc4c(n3)NCCC4)cc2C1=O. The number of methoxy groups -OCH3 is 1. The average molecular weight is 549 g/mol. The summed E-state index contributed by atoms with van der Waals surface area (Å²) in [5, 5.41) is 3.40. The van der Waals surface area contributed by atoms with Gasteiger partial charge >= 0.3 is 5.97 Å². The Balaban J connectivity index is 1.24. The maximum Gasteiger partial charge on any atom is 0.308 e. The molecule has 0 aliphatic carbocycles. The summed E-state index contributed by atoms with van der Waals surface area (Å²) in [6, 6.07) is 10.2. The fourth-order valence-corrected chi connectivity index (χ4v) is 5.65. The fourth-order valence-electron chi connectivity index (χ4n) is 5.65. The molecule has 8 nitrogen and oxygen atoms in total. The Morgan fingerprint density at radius 3 is 2.80 bits per heavy atom. The molecule has 212 valence electrons. The van der Waals surface area contributed by atoms with Crippen LogP contribution in [0.3, 0.4) is 0 Å². The van der Waals surface area contributed by atoms with Crippen molar-refractivity contribution in [2.24, 2.45) is 0 Å². The molecule has 0 unspecified atom stereocenters. The minimum absolute atomic E-state index is 0.0504. The van der Waals surface area contributed by atoms with Crippen molar-refractivity contribution in [2.45, 2.75) is 64.5 Å². The predicted octanol–water partition coefficient (Wildman–Crippen LogP) is 5.10. The van der Waals surface area contributed by atoms with E-state index in [1.165, 1.54) is 24.8 Å². The molecule has 0 fully saturated rings. The van der Waals surface area contributed by atoms with Gasteiger partial charge in [-0.3, -0.25) is 9.59 Å². The van der Waals surface area contributed by atoms with Crippen molar-refractivity contribution < 1.29 is 23.5 Å². The first kappa shape index (κ1) is 27.7. The monoisotopic (exact) mass is 548 g/mol. The number of anilines is 1. The van der Waals surface area contributed by atoms with Gasteiger partial charge in [0.05, 0.1) is 26.2 Å². The molecule has 5 rings (SSSR count). The summed E-state index contributed by atoms with van der Waals surface area (Å²) in [4.78, 5) is 32.6. The van der Waals surface area contributed by atoms with Crippen molar-refractivity contribution in [3.8, 4) is 5.75 Å². The number of pyridine rings is 1. The second-order valence-electron chi connectivity index (χ2n) is 10.4. The van der Waals surface area contributed by atoms with Crippen LogP contribution < -0.4 is 10.1 Å². The third-order valence-corrected chi connectivity index (χ3v) is 7.72.